The number of hydrogen-bond acceptors (Lipinski definition) is 5. The molecule has 5 atom stereocenters. The fourth-order valence-electron chi connectivity index (χ4n) is 1.92. The normalized spacial score (nSPS) is 45.4. The van der Waals surface area contributed by atoms with E-state index in [9.17, 15) is 5.11 Å². The van der Waals surface area contributed by atoms with Crippen molar-refractivity contribution in [1.29, 1.82) is 0 Å². The van der Waals surface area contributed by atoms with Crippen molar-refractivity contribution in [3.05, 3.63) is 0 Å². The minimum absolute atomic E-state index is 0.258. The summed E-state index contributed by atoms with van der Waals surface area (Å²) < 4.78 is 16.3. The van der Waals surface area contributed by atoms with Crippen LogP contribution in [0.2, 0.25) is 0 Å². The number of rotatable bonds is 2. The van der Waals surface area contributed by atoms with Crippen LogP contribution in [0.1, 0.15) is 13.8 Å². The van der Waals surface area contributed by atoms with Gasteiger partial charge >= 0.3 is 0 Å². The lowest BCUT2D eigenvalue weighted by molar-refractivity contribution is -0.215. The first-order chi connectivity index (χ1) is 6.94. The molecular formula is C9H15ClO5. The fraction of sp³-hybridized carbons (Fsp3) is 1.00. The summed E-state index contributed by atoms with van der Waals surface area (Å²) in [6, 6.07) is 0. The van der Waals surface area contributed by atoms with E-state index in [1.807, 2.05) is 0 Å². The molecule has 2 fully saturated rings. The average molecular weight is 239 g/mol. The van der Waals surface area contributed by atoms with Gasteiger partial charge in [-0.1, -0.05) is 0 Å². The van der Waals surface area contributed by atoms with Gasteiger partial charge in [-0.15, -0.1) is 11.6 Å². The van der Waals surface area contributed by atoms with Gasteiger partial charge in [0.25, 0.3) is 0 Å². The van der Waals surface area contributed by atoms with Crippen LogP contribution in [-0.2, 0) is 14.2 Å². The van der Waals surface area contributed by atoms with Crippen LogP contribution in [0.5, 0.6) is 0 Å². The average Bonchev–Trinajstić information content (AvgIpc) is 2.60. The van der Waals surface area contributed by atoms with Gasteiger partial charge in [0.1, 0.15) is 18.3 Å². The molecule has 2 N–H and O–H groups in total. The molecule has 88 valence electrons. The van der Waals surface area contributed by atoms with Crippen molar-refractivity contribution in [2.75, 3.05) is 6.61 Å². The van der Waals surface area contributed by atoms with Gasteiger partial charge in [-0.3, -0.25) is 0 Å². The summed E-state index contributed by atoms with van der Waals surface area (Å²) in [7, 11) is 0. The Balaban J connectivity index is 2.05. The Morgan fingerprint density at radius 1 is 1.40 bits per heavy atom. The Morgan fingerprint density at radius 2 is 2.07 bits per heavy atom. The molecule has 6 heteroatoms. The highest BCUT2D eigenvalue weighted by Gasteiger charge is 2.55. The zero-order chi connectivity index (χ0) is 11.2. The molecule has 0 unspecified atom stereocenters. The van der Waals surface area contributed by atoms with Crippen LogP contribution in [0, 0.1) is 0 Å². The second-order valence-electron chi connectivity index (χ2n) is 4.26. The maximum absolute atomic E-state index is 9.87. The Hall–Kier alpha value is 0.0900. The summed E-state index contributed by atoms with van der Waals surface area (Å²) in [6.45, 7) is 3.24. The number of aliphatic hydroxyl groups excluding tert-OH is 2. The smallest absolute Gasteiger partial charge is 0.190 e. The maximum Gasteiger partial charge on any atom is 0.190 e. The summed E-state index contributed by atoms with van der Waals surface area (Å²) in [4.78, 5) is 0. The molecule has 0 aliphatic carbocycles. The van der Waals surface area contributed by atoms with Crippen molar-refractivity contribution in [3.63, 3.8) is 0 Å². The molecule has 0 saturated carbocycles. The van der Waals surface area contributed by atoms with E-state index < -0.39 is 35.8 Å². The van der Waals surface area contributed by atoms with Crippen LogP contribution in [0.4, 0.5) is 0 Å². The third-order valence-electron chi connectivity index (χ3n) is 2.58. The van der Waals surface area contributed by atoms with Gasteiger partial charge in [0.05, 0.1) is 12.0 Å². The molecule has 0 aromatic carbocycles. The van der Waals surface area contributed by atoms with Crippen molar-refractivity contribution >= 4 is 11.6 Å². The quantitative estimate of drug-likeness (QED) is 0.654. The number of alkyl halides is 1. The molecule has 2 heterocycles. The molecule has 2 aliphatic heterocycles. The highest BCUT2D eigenvalue weighted by molar-refractivity contribution is 6.21. The van der Waals surface area contributed by atoms with E-state index in [-0.39, 0.29) is 6.61 Å². The van der Waals surface area contributed by atoms with Crippen molar-refractivity contribution in [3.8, 4) is 0 Å². The molecule has 0 bridgehead atoms. The highest BCUT2D eigenvalue weighted by atomic mass is 35.5. The van der Waals surface area contributed by atoms with Crippen molar-refractivity contribution in [2.24, 2.45) is 0 Å². The second kappa shape index (κ2) is 3.84. The first-order valence-corrected chi connectivity index (χ1v) is 5.32. The molecule has 0 amide bonds. The van der Waals surface area contributed by atoms with Gasteiger partial charge in [-0.2, -0.15) is 0 Å². The van der Waals surface area contributed by atoms with Crippen molar-refractivity contribution in [2.45, 2.75) is 49.6 Å². The minimum atomic E-state index is -0.869. The van der Waals surface area contributed by atoms with E-state index in [1.54, 1.807) is 13.8 Å². The molecule has 0 radical (unpaired) electrons. The number of ether oxygens (including phenoxy) is 3. The van der Waals surface area contributed by atoms with Gasteiger partial charge in [-0.25, -0.2) is 0 Å². The summed E-state index contributed by atoms with van der Waals surface area (Å²) in [6.07, 6.45) is -2.65. The van der Waals surface area contributed by atoms with E-state index in [0.717, 1.165) is 0 Å². The number of fused-ring (bicyclic) bond motifs is 1. The molecule has 2 saturated heterocycles. The largest absolute Gasteiger partial charge is 0.395 e. The van der Waals surface area contributed by atoms with Crippen LogP contribution < -0.4 is 0 Å². The second-order valence-corrected chi connectivity index (χ2v) is 4.82. The van der Waals surface area contributed by atoms with Crippen molar-refractivity contribution < 1.29 is 24.4 Å². The first kappa shape index (κ1) is 11.6. The molecule has 2 rings (SSSR count). The van der Waals surface area contributed by atoms with Crippen LogP contribution >= 0.6 is 11.6 Å². The van der Waals surface area contributed by atoms with E-state index in [1.165, 1.54) is 0 Å². The Bertz CT molecular complexity index is 247. The van der Waals surface area contributed by atoms with E-state index in [4.69, 9.17) is 30.9 Å². The zero-order valence-electron chi connectivity index (χ0n) is 8.59. The minimum Gasteiger partial charge on any atom is -0.395 e. The number of aliphatic hydroxyl groups is 2. The highest BCUT2D eigenvalue weighted by Crippen LogP contribution is 2.38. The van der Waals surface area contributed by atoms with E-state index in [0.29, 0.717) is 0 Å². The Morgan fingerprint density at radius 3 is 2.60 bits per heavy atom. The summed E-state index contributed by atoms with van der Waals surface area (Å²) in [5.41, 5.74) is 0. The third kappa shape index (κ3) is 2.00. The van der Waals surface area contributed by atoms with Gasteiger partial charge < -0.3 is 24.4 Å². The fourth-order valence-corrected chi connectivity index (χ4v) is 2.13. The molecule has 15 heavy (non-hydrogen) atoms. The molecule has 5 nitrogen and oxygen atoms in total. The molecule has 0 aromatic rings. The molecule has 2 aliphatic rings. The molecular weight excluding hydrogens is 224 g/mol. The van der Waals surface area contributed by atoms with Crippen LogP contribution in [0.15, 0.2) is 0 Å². The van der Waals surface area contributed by atoms with E-state index in [2.05, 4.69) is 0 Å². The van der Waals surface area contributed by atoms with Gasteiger partial charge in [0.2, 0.25) is 0 Å². The van der Waals surface area contributed by atoms with Gasteiger partial charge in [0.15, 0.2) is 12.1 Å². The van der Waals surface area contributed by atoms with Crippen LogP contribution in [-0.4, -0.2) is 52.6 Å². The monoisotopic (exact) mass is 238 g/mol. The van der Waals surface area contributed by atoms with Crippen molar-refractivity contribution in [1.82, 2.24) is 0 Å². The lowest BCUT2D eigenvalue weighted by Gasteiger charge is -2.24. The first-order valence-electron chi connectivity index (χ1n) is 4.89. The van der Waals surface area contributed by atoms with E-state index >= 15 is 0 Å². The third-order valence-corrected chi connectivity index (χ3v) is 2.97. The summed E-state index contributed by atoms with van der Waals surface area (Å²) >= 11 is 5.80. The van der Waals surface area contributed by atoms with Gasteiger partial charge in [-0.05, 0) is 13.8 Å². The lowest BCUT2D eigenvalue weighted by atomic mass is 10.1. The predicted molar refractivity (Wildman–Crippen MR) is 51.4 cm³/mol. The number of hydrogen-bond donors (Lipinski definition) is 2. The Kier molecular flexibility index (Phi) is 2.96. The standard InChI is InChI=1S/C9H15ClO5/c1-9(2)14-7-5(12)6(4(10)3-11)13-8(7)15-9/h4-8,11-12H,3H2,1-2H3/t4-,5-,6+,7+,8+/m0/s1. The predicted octanol–water partition coefficient (Wildman–Crippen LogP) is -0.177. The SMILES string of the molecule is CC1(C)O[C@H]2O[C@H]([C@@H](Cl)CO)[C@H](O)[C@H]2O1. The molecule has 0 spiro atoms. The van der Waals surface area contributed by atoms with Crippen LogP contribution in [0.3, 0.4) is 0 Å². The van der Waals surface area contributed by atoms with Gasteiger partial charge in [0, 0.05) is 0 Å². The topological polar surface area (TPSA) is 68.2 Å². The zero-order valence-corrected chi connectivity index (χ0v) is 9.35. The maximum atomic E-state index is 9.87. The Labute approximate surface area is 92.9 Å². The lowest BCUT2D eigenvalue weighted by Crippen LogP contribution is -2.40. The number of halogens is 1. The van der Waals surface area contributed by atoms with Crippen LogP contribution in [0.25, 0.3) is 0 Å². The molecule has 0 aromatic heterocycles. The summed E-state index contributed by atoms with van der Waals surface area (Å²) in [5.74, 6) is -0.748. The summed E-state index contributed by atoms with van der Waals surface area (Å²) in [5, 5.41) is 18.1.